The Morgan fingerprint density at radius 3 is 2.36 bits per heavy atom. The van der Waals surface area contributed by atoms with Crippen molar-refractivity contribution in [3.63, 3.8) is 0 Å². The third-order valence-corrected chi connectivity index (χ3v) is 8.13. The molecule has 0 N–H and O–H groups in total. The summed E-state index contributed by atoms with van der Waals surface area (Å²) in [5, 5.41) is 5.74. The summed E-state index contributed by atoms with van der Waals surface area (Å²) in [6.07, 6.45) is 6.17. The number of benzene rings is 3. The highest BCUT2D eigenvalue weighted by Crippen LogP contribution is 2.35. The van der Waals surface area contributed by atoms with E-state index in [9.17, 15) is 4.79 Å². The molecule has 0 radical (unpaired) electrons. The van der Waals surface area contributed by atoms with Gasteiger partial charge in [0.1, 0.15) is 12.4 Å². The average molecular weight is 535 g/mol. The highest BCUT2D eigenvalue weighted by molar-refractivity contribution is 8.18. The minimum atomic E-state index is -0.184. The van der Waals surface area contributed by atoms with Gasteiger partial charge in [0.05, 0.1) is 16.3 Å². The molecule has 196 valence electrons. The Balaban J connectivity index is 1.26. The van der Waals surface area contributed by atoms with Gasteiger partial charge in [0.15, 0.2) is 5.17 Å². The molecule has 2 aliphatic rings. The van der Waals surface area contributed by atoms with Crippen molar-refractivity contribution in [2.24, 2.45) is 10.9 Å². The molecule has 1 fully saturated rings. The number of piperidine rings is 1. The van der Waals surface area contributed by atoms with E-state index >= 15 is 0 Å². The molecule has 0 unspecified atom stereocenters. The van der Waals surface area contributed by atoms with E-state index in [4.69, 9.17) is 9.84 Å². The Morgan fingerprint density at radius 2 is 1.64 bits per heavy atom. The van der Waals surface area contributed by atoms with E-state index in [2.05, 4.69) is 16.8 Å². The Bertz CT molecular complexity index is 1500. The fourth-order valence-corrected chi connectivity index (χ4v) is 5.71. The average Bonchev–Trinajstić information content (AvgIpc) is 3.57. The number of amides is 1. The summed E-state index contributed by atoms with van der Waals surface area (Å²) < 4.78 is 7.84. The van der Waals surface area contributed by atoms with Gasteiger partial charge in [-0.25, -0.2) is 4.68 Å². The second kappa shape index (κ2) is 11.3. The van der Waals surface area contributed by atoms with Crippen LogP contribution in [0.15, 0.2) is 101 Å². The highest BCUT2D eigenvalue weighted by atomic mass is 32.2. The largest absolute Gasteiger partial charge is 0.489 e. The van der Waals surface area contributed by atoms with Gasteiger partial charge in [0.25, 0.3) is 5.91 Å². The van der Waals surface area contributed by atoms with Crippen molar-refractivity contribution >= 4 is 28.9 Å². The molecule has 6 rings (SSSR count). The predicted octanol–water partition coefficient (Wildman–Crippen LogP) is 6.82. The maximum atomic E-state index is 12.9. The van der Waals surface area contributed by atoms with Crippen LogP contribution in [-0.2, 0) is 11.4 Å². The van der Waals surface area contributed by atoms with Crippen molar-refractivity contribution in [3.05, 3.63) is 107 Å². The number of carbonyl (C=O) groups excluding carboxylic acids is 1. The van der Waals surface area contributed by atoms with Crippen LogP contribution >= 0.6 is 11.8 Å². The third-order valence-electron chi connectivity index (χ3n) is 7.09. The molecular formula is C32H30N4O2S. The van der Waals surface area contributed by atoms with Gasteiger partial charge in [-0.05, 0) is 78.6 Å². The number of aromatic nitrogens is 2. The van der Waals surface area contributed by atoms with Crippen molar-refractivity contribution in [1.29, 1.82) is 0 Å². The standard InChI is InChI=1S/C32H30N4O2S/c1-23-16-18-35(19-17-23)32-33-31(37)29(39-32)20-26-21-36(27-10-6-3-7-11-27)34-30(26)25-12-14-28(15-13-25)38-22-24-8-4-2-5-9-24/h2-15,20-21,23H,16-19,22H2,1H3/b29-20-. The summed E-state index contributed by atoms with van der Waals surface area (Å²) in [7, 11) is 0. The molecule has 3 heterocycles. The Hall–Kier alpha value is -4.10. The van der Waals surface area contributed by atoms with Crippen LogP contribution in [0.1, 0.15) is 30.9 Å². The van der Waals surface area contributed by atoms with Gasteiger partial charge in [0, 0.05) is 30.4 Å². The third kappa shape index (κ3) is 5.83. The monoisotopic (exact) mass is 534 g/mol. The van der Waals surface area contributed by atoms with Gasteiger partial charge in [-0.3, -0.25) is 4.79 Å². The zero-order valence-electron chi connectivity index (χ0n) is 21.9. The smallest absolute Gasteiger partial charge is 0.286 e. The van der Waals surface area contributed by atoms with Gasteiger partial charge in [0.2, 0.25) is 0 Å². The number of thioether (sulfide) groups is 1. The van der Waals surface area contributed by atoms with Gasteiger partial charge in [-0.2, -0.15) is 10.1 Å². The van der Waals surface area contributed by atoms with E-state index in [1.807, 2.05) is 102 Å². The van der Waals surface area contributed by atoms with Crippen LogP contribution in [0, 0.1) is 5.92 Å². The number of hydrogen-bond acceptors (Lipinski definition) is 5. The normalized spacial score (nSPS) is 17.1. The SMILES string of the molecule is CC1CCN(C2=NC(=O)/C(=C/c3cn(-c4ccccc4)nc3-c3ccc(OCc4ccccc4)cc3)S2)CC1. The van der Waals surface area contributed by atoms with Crippen LogP contribution in [0.25, 0.3) is 23.0 Å². The first-order valence-electron chi connectivity index (χ1n) is 13.3. The van der Waals surface area contributed by atoms with Crippen LogP contribution in [0.2, 0.25) is 0 Å². The number of ether oxygens (including phenoxy) is 1. The molecule has 2 aliphatic heterocycles. The van der Waals surface area contributed by atoms with E-state index in [1.54, 1.807) is 0 Å². The minimum absolute atomic E-state index is 0.184. The maximum absolute atomic E-state index is 12.9. The lowest BCUT2D eigenvalue weighted by Gasteiger charge is -2.30. The van der Waals surface area contributed by atoms with Gasteiger partial charge in [-0.1, -0.05) is 55.5 Å². The van der Waals surface area contributed by atoms with Crippen LogP contribution in [-0.4, -0.2) is 38.8 Å². The summed E-state index contributed by atoms with van der Waals surface area (Å²) >= 11 is 1.47. The van der Waals surface area contributed by atoms with Gasteiger partial charge in [-0.15, -0.1) is 0 Å². The van der Waals surface area contributed by atoms with Crippen LogP contribution in [0.3, 0.4) is 0 Å². The summed E-state index contributed by atoms with van der Waals surface area (Å²) in [6, 6.07) is 28.1. The van der Waals surface area contributed by atoms with E-state index in [0.29, 0.717) is 11.5 Å². The van der Waals surface area contributed by atoms with Crippen LogP contribution in [0.5, 0.6) is 5.75 Å². The number of hydrogen-bond donors (Lipinski definition) is 0. The van der Waals surface area contributed by atoms with E-state index < -0.39 is 0 Å². The molecule has 1 amide bonds. The van der Waals surface area contributed by atoms with E-state index in [0.717, 1.165) is 70.8 Å². The quantitative estimate of drug-likeness (QED) is 0.254. The summed E-state index contributed by atoms with van der Waals surface area (Å²) in [5.41, 5.74) is 4.70. The van der Waals surface area contributed by atoms with Crippen molar-refractivity contribution in [2.45, 2.75) is 26.4 Å². The summed E-state index contributed by atoms with van der Waals surface area (Å²) in [5.74, 6) is 1.33. The summed E-state index contributed by atoms with van der Waals surface area (Å²) in [4.78, 5) is 20.2. The van der Waals surface area contributed by atoms with Crippen molar-refractivity contribution in [1.82, 2.24) is 14.7 Å². The fraction of sp³-hybridized carbons (Fsp3) is 0.219. The lowest BCUT2D eigenvalue weighted by atomic mass is 10.00. The zero-order chi connectivity index (χ0) is 26.6. The molecule has 0 saturated carbocycles. The number of likely N-dealkylation sites (tertiary alicyclic amines) is 1. The first kappa shape index (κ1) is 25.2. The van der Waals surface area contributed by atoms with E-state index in [-0.39, 0.29) is 5.91 Å². The molecule has 4 aromatic rings. The molecule has 0 atom stereocenters. The molecule has 0 spiro atoms. The first-order chi connectivity index (χ1) is 19.1. The van der Waals surface area contributed by atoms with Crippen molar-refractivity contribution in [2.75, 3.05) is 13.1 Å². The van der Waals surface area contributed by atoms with Gasteiger partial charge < -0.3 is 9.64 Å². The second-order valence-electron chi connectivity index (χ2n) is 9.99. The van der Waals surface area contributed by atoms with E-state index in [1.165, 1.54) is 11.8 Å². The number of para-hydroxylation sites is 1. The molecule has 1 aromatic heterocycles. The first-order valence-corrected chi connectivity index (χ1v) is 14.1. The van der Waals surface area contributed by atoms with Crippen LogP contribution < -0.4 is 4.74 Å². The Kier molecular flexibility index (Phi) is 7.32. The lowest BCUT2D eigenvalue weighted by Crippen LogP contribution is -2.35. The summed E-state index contributed by atoms with van der Waals surface area (Å²) in [6.45, 7) is 4.69. The topological polar surface area (TPSA) is 59.7 Å². The van der Waals surface area contributed by atoms with Crippen LogP contribution in [0.4, 0.5) is 0 Å². The molecule has 0 bridgehead atoms. The van der Waals surface area contributed by atoms with Crippen molar-refractivity contribution < 1.29 is 9.53 Å². The molecule has 39 heavy (non-hydrogen) atoms. The Morgan fingerprint density at radius 1 is 0.949 bits per heavy atom. The lowest BCUT2D eigenvalue weighted by molar-refractivity contribution is -0.113. The maximum Gasteiger partial charge on any atom is 0.286 e. The molecule has 6 nitrogen and oxygen atoms in total. The second-order valence-corrected chi connectivity index (χ2v) is 11.0. The van der Waals surface area contributed by atoms with Gasteiger partial charge >= 0.3 is 0 Å². The number of amidine groups is 1. The highest BCUT2D eigenvalue weighted by Gasteiger charge is 2.28. The number of rotatable bonds is 6. The molecule has 7 heteroatoms. The molecule has 3 aromatic carbocycles. The predicted molar refractivity (Wildman–Crippen MR) is 158 cm³/mol. The Labute approximate surface area is 233 Å². The number of aliphatic imine (C=N–C) groups is 1. The minimum Gasteiger partial charge on any atom is -0.489 e. The molecular weight excluding hydrogens is 504 g/mol. The molecule has 1 saturated heterocycles. The number of nitrogens with zero attached hydrogens (tertiary/aromatic N) is 4. The zero-order valence-corrected chi connectivity index (χ0v) is 22.7. The molecule has 0 aliphatic carbocycles. The van der Waals surface area contributed by atoms with Crippen molar-refractivity contribution in [3.8, 4) is 22.7 Å². The fourth-order valence-electron chi connectivity index (χ4n) is 4.75. The number of carbonyl (C=O) groups is 1.